The summed E-state index contributed by atoms with van der Waals surface area (Å²) in [6, 6.07) is 8.60. The van der Waals surface area contributed by atoms with Crippen molar-refractivity contribution in [3.63, 3.8) is 0 Å². The molecular weight excluding hydrogens is 156 g/mol. The van der Waals surface area contributed by atoms with E-state index in [0.29, 0.717) is 0 Å². The lowest BCUT2D eigenvalue weighted by Crippen LogP contribution is -1.79. The topological polar surface area (TPSA) is 0 Å². The van der Waals surface area contributed by atoms with Crippen LogP contribution in [0.25, 0.3) is 0 Å². The molecule has 13 heavy (non-hydrogen) atoms. The van der Waals surface area contributed by atoms with Gasteiger partial charge in [-0.2, -0.15) is 0 Å². The van der Waals surface area contributed by atoms with Crippen molar-refractivity contribution in [2.75, 3.05) is 0 Å². The number of rotatable bonds is 4. The van der Waals surface area contributed by atoms with Crippen LogP contribution in [0.2, 0.25) is 0 Å². The highest BCUT2D eigenvalue weighted by Crippen LogP contribution is 2.05. The summed E-state index contributed by atoms with van der Waals surface area (Å²) in [4.78, 5) is 0. The highest BCUT2D eigenvalue weighted by molar-refractivity contribution is 5.26. The molecule has 0 saturated carbocycles. The average Bonchev–Trinajstić information content (AvgIpc) is 2.19. The smallest absolute Gasteiger partial charge is 0.0149 e. The minimum Gasteiger partial charge on any atom is -0.0761 e. The monoisotopic (exact) mass is 173 g/mol. The summed E-state index contributed by atoms with van der Waals surface area (Å²) in [6.45, 7) is 4.35. The van der Waals surface area contributed by atoms with Gasteiger partial charge in [-0.25, -0.2) is 0 Å². The molecule has 0 heterocycles. The Kier molecular flexibility index (Phi) is 4.31. The molecule has 0 aliphatic rings. The molecule has 0 aliphatic heterocycles. The maximum atomic E-state index is 3.27. The van der Waals surface area contributed by atoms with E-state index in [1.54, 1.807) is 0 Å². The Balaban J connectivity index is 2.58. The number of aryl methyl sites for hydroxylation is 1. The van der Waals surface area contributed by atoms with Crippen molar-refractivity contribution in [2.24, 2.45) is 0 Å². The van der Waals surface area contributed by atoms with E-state index < -0.39 is 0 Å². The third kappa shape index (κ3) is 3.45. The van der Waals surface area contributed by atoms with E-state index in [9.17, 15) is 0 Å². The van der Waals surface area contributed by atoms with Gasteiger partial charge >= 0.3 is 0 Å². The van der Waals surface area contributed by atoms with Gasteiger partial charge in [-0.05, 0) is 30.0 Å². The average molecular weight is 173 g/mol. The van der Waals surface area contributed by atoms with Crippen LogP contribution >= 0.6 is 0 Å². The molecule has 0 fully saturated rings. The first kappa shape index (κ1) is 10.0. The van der Waals surface area contributed by atoms with E-state index >= 15 is 0 Å². The maximum absolute atomic E-state index is 3.27. The molecule has 1 rings (SSSR count). The number of unbranched alkanes of at least 4 members (excludes halogenated alkanes) is 1. The third-order valence-corrected chi connectivity index (χ3v) is 2.06. The van der Waals surface area contributed by atoms with Crippen LogP contribution in [-0.4, -0.2) is 0 Å². The van der Waals surface area contributed by atoms with Gasteiger partial charge in [-0.3, -0.25) is 0 Å². The van der Waals surface area contributed by atoms with Crippen molar-refractivity contribution in [1.82, 2.24) is 0 Å². The number of benzene rings is 1. The quantitative estimate of drug-likeness (QED) is 0.650. The summed E-state index contributed by atoms with van der Waals surface area (Å²) in [5.41, 5.74) is 2.58. The molecular formula is C13H17. The standard InChI is InChI=1S/C13H17/c1-3-5-6-7-13-10-8-12(4-2)9-11-13/h6,8-11H,3-5H2,1-2H3. The van der Waals surface area contributed by atoms with E-state index in [1.165, 1.54) is 17.5 Å². The molecule has 0 unspecified atom stereocenters. The second kappa shape index (κ2) is 5.58. The predicted molar refractivity (Wildman–Crippen MR) is 57.6 cm³/mol. The summed E-state index contributed by atoms with van der Waals surface area (Å²) in [5, 5.41) is 0. The largest absolute Gasteiger partial charge is 0.0761 e. The fourth-order valence-corrected chi connectivity index (χ4v) is 1.17. The number of hydrogen-bond donors (Lipinski definition) is 0. The summed E-state index contributed by atoms with van der Waals surface area (Å²) in [6.07, 6.45) is 8.81. The van der Waals surface area contributed by atoms with Crippen molar-refractivity contribution in [3.8, 4) is 0 Å². The zero-order chi connectivity index (χ0) is 9.52. The van der Waals surface area contributed by atoms with Crippen LogP contribution in [0.5, 0.6) is 0 Å². The Morgan fingerprint density at radius 2 is 1.85 bits per heavy atom. The van der Waals surface area contributed by atoms with E-state index in [-0.39, 0.29) is 0 Å². The molecule has 1 aromatic rings. The first-order valence-electron chi connectivity index (χ1n) is 5.04. The first-order chi connectivity index (χ1) is 6.36. The zero-order valence-electron chi connectivity index (χ0n) is 8.51. The minimum absolute atomic E-state index is 1.11. The summed E-state index contributed by atoms with van der Waals surface area (Å²) in [7, 11) is 0. The summed E-state index contributed by atoms with van der Waals surface area (Å²) in [5.74, 6) is 0. The van der Waals surface area contributed by atoms with Gasteiger partial charge in [0.1, 0.15) is 0 Å². The summed E-state index contributed by atoms with van der Waals surface area (Å²) < 4.78 is 0. The molecule has 0 saturated heterocycles. The van der Waals surface area contributed by atoms with E-state index in [2.05, 4.69) is 50.3 Å². The minimum atomic E-state index is 1.11. The zero-order valence-corrected chi connectivity index (χ0v) is 8.51. The van der Waals surface area contributed by atoms with Crippen LogP contribution < -0.4 is 0 Å². The first-order valence-corrected chi connectivity index (χ1v) is 5.04. The van der Waals surface area contributed by atoms with Gasteiger partial charge in [0.2, 0.25) is 0 Å². The SMILES string of the molecule is CCC/C=[C]\c1ccc(CC)cc1. The number of hydrogen-bond acceptors (Lipinski definition) is 0. The van der Waals surface area contributed by atoms with E-state index in [0.717, 1.165) is 12.8 Å². The maximum Gasteiger partial charge on any atom is -0.0149 e. The molecule has 69 valence electrons. The second-order valence-electron chi connectivity index (χ2n) is 3.19. The van der Waals surface area contributed by atoms with Gasteiger partial charge in [-0.15, -0.1) is 0 Å². The molecule has 0 heteroatoms. The van der Waals surface area contributed by atoms with Gasteiger partial charge < -0.3 is 0 Å². The number of allylic oxidation sites excluding steroid dienone is 1. The molecule has 0 amide bonds. The molecule has 0 bridgehead atoms. The lowest BCUT2D eigenvalue weighted by Gasteiger charge is -1.96. The fraction of sp³-hybridized carbons (Fsp3) is 0.385. The molecule has 1 aromatic carbocycles. The van der Waals surface area contributed by atoms with Crippen molar-refractivity contribution in [2.45, 2.75) is 33.1 Å². The van der Waals surface area contributed by atoms with Crippen molar-refractivity contribution in [3.05, 3.63) is 47.5 Å². The Morgan fingerprint density at radius 1 is 1.15 bits per heavy atom. The Labute approximate surface area is 81.3 Å². The molecule has 0 nitrogen and oxygen atoms in total. The van der Waals surface area contributed by atoms with Crippen molar-refractivity contribution < 1.29 is 0 Å². The Hall–Kier alpha value is -1.04. The second-order valence-corrected chi connectivity index (χ2v) is 3.19. The molecule has 0 atom stereocenters. The lowest BCUT2D eigenvalue weighted by atomic mass is 10.1. The van der Waals surface area contributed by atoms with Crippen LogP contribution in [-0.2, 0) is 6.42 Å². The molecule has 0 aliphatic carbocycles. The van der Waals surface area contributed by atoms with Crippen molar-refractivity contribution in [1.29, 1.82) is 0 Å². The van der Waals surface area contributed by atoms with Crippen LogP contribution in [0.15, 0.2) is 30.3 Å². The Bertz CT molecular complexity index is 254. The normalized spacial score (nSPS) is 10.9. The van der Waals surface area contributed by atoms with Gasteiger partial charge in [0.05, 0.1) is 0 Å². The van der Waals surface area contributed by atoms with E-state index in [1.807, 2.05) is 0 Å². The lowest BCUT2D eigenvalue weighted by molar-refractivity contribution is 0.955. The summed E-state index contributed by atoms with van der Waals surface area (Å²) >= 11 is 0. The Morgan fingerprint density at radius 3 is 2.38 bits per heavy atom. The van der Waals surface area contributed by atoms with Crippen molar-refractivity contribution >= 4 is 0 Å². The van der Waals surface area contributed by atoms with Gasteiger partial charge in [0.25, 0.3) is 0 Å². The van der Waals surface area contributed by atoms with Crippen LogP contribution in [0.4, 0.5) is 0 Å². The third-order valence-electron chi connectivity index (χ3n) is 2.06. The molecule has 1 radical (unpaired) electrons. The van der Waals surface area contributed by atoms with Crippen LogP contribution in [0, 0.1) is 6.08 Å². The fourth-order valence-electron chi connectivity index (χ4n) is 1.17. The highest BCUT2D eigenvalue weighted by atomic mass is 13.9. The molecule has 0 spiro atoms. The molecule has 0 N–H and O–H groups in total. The van der Waals surface area contributed by atoms with Gasteiger partial charge in [-0.1, -0.05) is 50.6 Å². The highest BCUT2D eigenvalue weighted by Gasteiger charge is 1.88. The van der Waals surface area contributed by atoms with Gasteiger partial charge in [0.15, 0.2) is 0 Å². The van der Waals surface area contributed by atoms with Crippen LogP contribution in [0.1, 0.15) is 37.8 Å². The van der Waals surface area contributed by atoms with E-state index in [4.69, 9.17) is 0 Å². The predicted octanol–water partition coefficient (Wildman–Crippen LogP) is 3.76. The molecule has 0 aromatic heterocycles. The van der Waals surface area contributed by atoms with Gasteiger partial charge in [0, 0.05) is 0 Å². The van der Waals surface area contributed by atoms with Crippen LogP contribution in [0.3, 0.4) is 0 Å².